The number of nitrogen functional groups attached to an aromatic ring is 1. The minimum absolute atomic E-state index is 0.0247. The fourth-order valence-electron chi connectivity index (χ4n) is 5.93. The molecule has 4 N–H and O–H groups in total. The number of benzene rings is 2. The number of carbonyl (C=O) groups is 2. The molecule has 0 aliphatic carbocycles. The number of aromatic nitrogens is 4. The monoisotopic (exact) mass is 801 g/mol. The normalized spacial score (nSPS) is 19.6. The van der Waals surface area contributed by atoms with E-state index in [0.29, 0.717) is 19.0 Å². The Labute approximate surface area is 321 Å². The molecule has 4 aromatic rings. The molecular weight excluding hydrogens is 758 g/mol. The highest BCUT2D eigenvalue weighted by molar-refractivity contribution is 7.52. The van der Waals surface area contributed by atoms with Crippen molar-refractivity contribution in [3.63, 3.8) is 0 Å². The van der Waals surface area contributed by atoms with Gasteiger partial charge in [-0.2, -0.15) is 19.4 Å². The van der Waals surface area contributed by atoms with E-state index in [-0.39, 0.29) is 34.7 Å². The second-order valence-corrected chi connectivity index (χ2v) is 14.9. The molecule has 300 valence electrons. The Morgan fingerprint density at radius 3 is 2.54 bits per heavy atom. The van der Waals surface area contributed by atoms with Crippen LogP contribution in [0.15, 0.2) is 54.9 Å². The van der Waals surface area contributed by atoms with E-state index >= 15 is 0 Å². The van der Waals surface area contributed by atoms with Gasteiger partial charge in [-0.3, -0.25) is 13.9 Å². The number of hydrogen-bond acceptors (Lipinski definition) is 12. The lowest BCUT2D eigenvalue weighted by Crippen LogP contribution is -2.47. The number of alkyl carbamates (subject to hydrolysis) is 1. The zero-order chi connectivity index (χ0) is 40.5. The van der Waals surface area contributed by atoms with E-state index in [2.05, 4.69) is 38.2 Å². The highest BCUT2D eigenvalue weighted by Crippen LogP contribution is 2.49. The number of rotatable bonds is 18. The van der Waals surface area contributed by atoms with Crippen LogP contribution in [0, 0.1) is 30.1 Å². The molecule has 0 bridgehead atoms. The van der Waals surface area contributed by atoms with Gasteiger partial charge in [-0.15, -0.1) is 6.42 Å². The highest BCUT2D eigenvalue weighted by atomic mass is 31.2. The van der Waals surface area contributed by atoms with Crippen LogP contribution >= 0.6 is 7.75 Å². The van der Waals surface area contributed by atoms with Crippen LogP contribution in [0.5, 0.6) is 5.75 Å². The van der Waals surface area contributed by atoms with Gasteiger partial charge in [-0.1, -0.05) is 50.3 Å². The minimum atomic E-state index is -4.76. The number of nitrogens with two attached hydrogens (primary N) is 1. The molecule has 0 spiro atoms. The average molecular weight is 802 g/mol. The van der Waals surface area contributed by atoms with Crippen molar-refractivity contribution < 1.29 is 50.6 Å². The van der Waals surface area contributed by atoms with Crippen molar-refractivity contribution >= 4 is 36.8 Å². The van der Waals surface area contributed by atoms with Gasteiger partial charge in [0.25, 0.3) is 0 Å². The van der Waals surface area contributed by atoms with Crippen LogP contribution in [-0.4, -0.2) is 68.6 Å². The van der Waals surface area contributed by atoms with E-state index < -0.39 is 80.6 Å². The van der Waals surface area contributed by atoms with Crippen molar-refractivity contribution in [1.29, 1.82) is 0 Å². The summed E-state index contributed by atoms with van der Waals surface area (Å²) < 4.78 is 88.2. The standard InChI is InChI=1S/C37H43F3N7O8P/c1-5-7-8-12-15-42-36(49)53-29-20-30(47-22-43-31-32(41)44-35(40)45-33(31)47)54-37(29,6-2)21-51-56(50,55-27-13-10-9-11-14-27)46-28(34(48)52-23(3)4)18-24-16-25(38)19-26(39)17-24/h2,9-11,13-14,16-17,19,22-23,28-30H,5,7-8,12,15,18,20-21H2,1,3-4H3,(H,42,49)(H,46,50)(H2,41,44,45)/t28-,29-,30+,37+,56-/m0/s1. The molecule has 1 aliphatic heterocycles. The minimum Gasteiger partial charge on any atom is -0.462 e. The maximum absolute atomic E-state index is 14.8. The zero-order valence-electron chi connectivity index (χ0n) is 31.0. The molecule has 3 heterocycles. The molecule has 2 aromatic carbocycles. The summed E-state index contributed by atoms with van der Waals surface area (Å²) in [5.41, 5.74) is 3.90. The van der Waals surface area contributed by atoms with Crippen LogP contribution in [0.3, 0.4) is 0 Å². The fourth-order valence-corrected chi connectivity index (χ4v) is 7.45. The summed E-state index contributed by atoms with van der Waals surface area (Å²) in [6.45, 7) is 4.74. The van der Waals surface area contributed by atoms with Gasteiger partial charge in [0, 0.05) is 19.0 Å². The van der Waals surface area contributed by atoms with Gasteiger partial charge in [0.1, 0.15) is 36.3 Å². The Bertz CT molecular complexity index is 2070. The van der Waals surface area contributed by atoms with Gasteiger partial charge in [0.2, 0.25) is 0 Å². The number of hydrogen-bond donors (Lipinski definition) is 3. The number of terminal acetylenes is 1. The Morgan fingerprint density at radius 1 is 1.12 bits per heavy atom. The number of anilines is 1. The summed E-state index contributed by atoms with van der Waals surface area (Å²) in [4.78, 5) is 38.0. The predicted octanol–water partition coefficient (Wildman–Crippen LogP) is 6.15. The first-order chi connectivity index (χ1) is 26.7. The van der Waals surface area contributed by atoms with E-state index in [1.54, 1.807) is 32.0 Å². The first-order valence-corrected chi connectivity index (χ1v) is 19.5. The molecule has 5 rings (SSSR count). The molecule has 5 atom stereocenters. The number of nitrogens with one attached hydrogen (secondary N) is 2. The summed E-state index contributed by atoms with van der Waals surface area (Å²) in [5.74, 6) is -0.470. The number of unbranched alkanes of at least 4 members (excludes halogenated alkanes) is 3. The van der Waals surface area contributed by atoms with E-state index in [9.17, 15) is 27.3 Å². The van der Waals surface area contributed by atoms with Crippen LogP contribution in [-0.2, 0) is 34.5 Å². The molecular formula is C37H43F3N7O8P. The van der Waals surface area contributed by atoms with E-state index in [0.717, 1.165) is 31.4 Å². The third-order valence-electron chi connectivity index (χ3n) is 8.54. The molecule has 0 unspecified atom stereocenters. The first-order valence-electron chi connectivity index (χ1n) is 17.9. The Morgan fingerprint density at radius 2 is 1.86 bits per heavy atom. The molecule has 19 heteroatoms. The smallest absolute Gasteiger partial charge is 0.459 e. The second kappa shape index (κ2) is 18.6. The van der Waals surface area contributed by atoms with Crippen LogP contribution in [0.25, 0.3) is 11.2 Å². The molecule has 1 fully saturated rings. The van der Waals surface area contributed by atoms with Crippen molar-refractivity contribution in [3.05, 3.63) is 78.1 Å². The van der Waals surface area contributed by atoms with E-state index in [1.807, 2.05) is 0 Å². The third-order valence-corrected chi connectivity index (χ3v) is 10.1. The summed E-state index contributed by atoms with van der Waals surface area (Å²) in [5, 5.41) is 5.26. The summed E-state index contributed by atoms with van der Waals surface area (Å²) in [7, 11) is -4.76. The Hall–Kier alpha value is -5.21. The Balaban J connectivity index is 1.48. The third kappa shape index (κ3) is 10.8. The van der Waals surface area contributed by atoms with Crippen molar-refractivity contribution in [2.45, 2.75) is 89.4 Å². The van der Waals surface area contributed by atoms with Gasteiger partial charge in [0.05, 0.1) is 12.4 Å². The number of amides is 1. The maximum atomic E-state index is 14.8. The van der Waals surface area contributed by atoms with Crippen LogP contribution in [0.4, 0.5) is 23.8 Å². The number of halogens is 3. The van der Waals surface area contributed by atoms with Gasteiger partial charge < -0.3 is 29.8 Å². The number of nitrogens with zero attached hydrogens (tertiary/aromatic N) is 4. The molecule has 56 heavy (non-hydrogen) atoms. The topological polar surface area (TPSA) is 191 Å². The summed E-state index contributed by atoms with van der Waals surface area (Å²) in [6, 6.07) is 8.91. The molecule has 1 aliphatic rings. The number of esters is 1. The van der Waals surface area contributed by atoms with Crippen molar-refractivity contribution in [3.8, 4) is 18.1 Å². The van der Waals surface area contributed by atoms with Crippen LogP contribution in [0.1, 0.15) is 64.7 Å². The lowest BCUT2D eigenvalue weighted by Gasteiger charge is -2.31. The van der Waals surface area contributed by atoms with Crippen molar-refractivity contribution in [2.75, 3.05) is 18.9 Å². The van der Waals surface area contributed by atoms with Crippen molar-refractivity contribution in [1.82, 2.24) is 29.9 Å². The first kappa shape index (κ1) is 41.9. The lowest BCUT2D eigenvalue weighted by molar-refractivity contribution is -0.149. The summed E-state index contributed by atoms with van der Waals surface area (Å²) >= 11 is 0. The lowest BCUT2D eigenvalue weighted by atomic mass is 9.98. The maximum Gasteiger partial charge on any atom is 0.459 e. The fraction of sp³-hybridized carbons (Fsp3) is 0.432. The number of imidazole rings is 1. The average Bonchev–Trinajstić information content (AvgIpc) is 3.72. The van der Waals surface area contributed by atoms with Gasteiger partial charge in [-0.25, -0.2) is 23.1 Å². The summed E-state index contributed by atoms with van der Waals surface area (Å²) in [6.07, 6.45) is 5.33. The highest BCUT2D eigenvalue weighted by Gasteiger charge is 2.53. The largest absolute Gasteiger partial charge is 0.462 e. The molecule has 0 radical (unpaired) electrons. The van der Waals surface area contributed by atoms with Gasteiger partial charge >= 0.3 is 25.9 Å². The molecule has 1 saturated heterocycles. The zero-order valence-corrected chi connectivity index (χ0v) is 31.8. The second-order valence-electron chi connectivity index (χ2n) is 13.2. The van der Waals surface area contributed by atoms with Gasteiger partial charge in [-0.05, 0) is 56.5 Å². The Kier molecular flexibility index (Phi) is 13.9. The SMILES string of the molecule is C#C[C@]1(CO[P@@](=O)(N[C@@H](Cc2cc(F)cc(F)c2)C(=O)OC(C)C)Oc2ccccc2)O[C@@H](n2cnc3c(N)nc(F)nc32)C[C@@H]1OC(=O)NCCCCCC. The van der Waals surface area contributed by atoms with E-state index in [1.165, 1.54) is 23.0 Å². The quantitative estimate of drug-likeness (QED) is 0.0342. The van der Waals surface area contributed by atoms with Crippen LogP contribution < -0.4 is 20.7 Å². The van der Waals surface area contributed by atoms with Crippen molar-refractivity contribution in [2.24, 2.45) is 0 Å². The molecule has 1 amide bonds. The number of fused-ring (bicyclic) bond motifs is 1. The molecule has 15 nitrogen and oxygen atoms in total. The molecule has 2 aromatic heterocycles. The van der Waals surface area contributed by atoms with Crippen LogP contribution in [0.2, 0.25) is 0 Å². The van der Waals surface area contributed by atoms with Gasteiger partial charge in [0.15, 0.2) is 28.7 Å². The molecule has 0 saturated carbocycles. The number of para-hydroxylation sites is 1. The number of ether oxygens (including phenoxy) is 3. The van der Waals surface area contributed by atoms with E-state index in [4.69, 9.17) is 35.4 Å². The number of carbonyl (C=O) groups excluding carboxylic acids is 2. The predicted molar refractivity (Wildman–Crippen MR) is 197 cm³/mol.